The molecule has 0 spiro atoms. The van der Waals surface area contributed by atoms with E-state index in [0.29, 0.717) is 15.8 Å². The third kappa shape index (κ3) is 2.37. The number of nitrogens with one attached hydrogen (secondary N) is 1. The van der Waals surface area contributed by atoms with Crippen molar-refractivity contribution in [1.82, 2.24) is 5.32 Å². The van der Waals surface area contributed by atoms with Gasteiger partial charge in [0, 0.05) is 16.6 Å². The molecule has 0 aliphatic rings. The molecule has 3 nitrogen and oxygen atoms in total. The van der Waals surface area contributed by atoms with Gasteiger partial charge in [-0.3, -0.25) is 4.79 Å². The van der Waals surface area contributed by atoms with E-state index in [1.165, 1.54) is 17.4 Å². The van der Waals surface area contributed by atoms with Crippen molar-refractivity contribution in [1.29, 1.82) is 0 Å². The highest BCUT2D eigenvalue weighted by atomic mass is 32.1. The summed E-state index contributed by atoms with van der Waals surface area (Å²) in [5.41, 5.74) is 0.649. The van der Waals surface area contributed by atoms with Crippen molar-refractivity contribution < 1.29 is 14.3 Å². The molecule has 2 rings (SSSR count). The highest BCUT2D eigenvalue weighted by Crippen LogP contribution is 2.32. The number of carbonyl (C=O) groups is 1. The molecule has 0 radical (unpaired) electrons. The third-order valence-electron chi connectivity index (χ3n) is 2.67. The van der Waals surface area contributed by atoms with Crippen LogP contribution in [-0.2, 0) is 0 Å². The van der Waals surface area contributed by atoms with Crippen molar-refractivity contribution in [3.63, 3.8) is 0 Å². The van der Waals surface area contributed by atoms with Gasteiger partial charge >= 0.3 is 0 Å². The highest BCUT2D eigenvalue weighted by Gasteiger charge is 2.17. The van der Waals surface area contributed by atoms with Gasteiger partial charge in [0.05, 0.1) is 11.0 Å². The standard InChI is InChI=1S/C13H14FNO2S/c1-7(16)6-15-13(17)12-8(2)11-9(14)4-3-5-10(11)18-12/h3-5,7,16H,6H2,1-2H3,(H,15,17). The van der Waals surface area contributed by atoms with E-state index < -0.39 is 6.10 Å². The van der Waals surface area contributed by atoms with E-state index in [1.807, 2.05) is 0 Å². The molecular weight excluding hydrogens is 253 g/mol. The molecule has 1 amide bonds. The maximum Gasteiger partial charge on any atom is 0.261 e. The number of hydrogen-bond acceptors (Lipinski definition) is 3. The number of aryl methyl sites for hydroxylation is 1. The van der Waals surface area contributed by atoms with Gasteiger partial charge in [-0.1, -0.05) is 6.07 Å². The average molecular weight is 267 g/mol. The van der Waals surface area contributed by atoms with Crippen molar-refractivity contribution in [2.24, 2.45) is 0 Å². The SMILES string of the molecule is Cc1c(C(=O)NCC(C)O)sc2cccc(F)c12. The van der Waals surface area contributed by atoms with E-state index in [-0.39, 0.29) is 18.3 Å². The van der Waals surface area contributed by atoms with Gasteiger partial charge in [0.25, 0.3) is 5.91 Å². The summed E-state index contributed by atoms with van der Waals surface area (Å²) < 4.78 is 14.4. The fourth-order valence-corrected chi connectivity index (χ4v) is 2.93. The lowest BCUT2D eigenvalue weighted by Crippen LogP contribution is -2.30. The lowest BCUT2D eigenvalue weighted by molar-refractivity contribution is 0.0927. The zero-order chi connectivity index (χ0) is 13.3. The van der Waals surface area contributed by atoms with Gasteiger partial charge in [-0.2, -0.15) is 0 Å². The third-order valence-corrected chi connectivity index (χ3v) is 3.92. The van der Waals surface area contributed by atoms with Crippen LogP contribution in [0.15, 0.2) is 18.2 Å². The van der Waals surface area contributed by atoms with E-state index in [4.69, 9.17) is 5.11 Å². The Morgan fingerprint density at radius 2 is 2.28 bits per heavy atom. The molecule has 1 heterocycles. The maximum atomic E-state index is 13.7. The summed E-state index contributed by atoms with van der Waals surface area (Å²) in [6.45, 7) is 3.52. The summed E-state index contributed by atoms with van der Waals surface area (Å²) in [5, 5.41) is 12.3. The summed E-state index contributed by atoms with van der Waals surface area (Å²) in [6.07, 6.45) is -0.597. The van der Waals surface area contributed by atoms with Crippen LogP contribution in [0, 0.1) is 12.7 Å². The van der Waals surface area contributed by atoms with Gasteiger partial charge < -0.3 is 10.4 Å². The van der Waals surface area contributed by atoms with Crippen LogP contribution in [-0.4, -0.2) is 23.7 Å². The molecule has 0 aliphatic heterocycles. The van der Waals surface area contributed by atoms with Crippen LogP contribution in [0.5, 0.6) is 0 Å². The lowest BCUT2D eigenvalue weighted by Gasteiger charge is -2.06. The van der Waals surface area contributed by atoms with Crippen LogP contribution in [0.1, 0.15) is 22.2 Å². The number of amides is 1. The number of hydrogen-bond donors (Lipinski definition) is 2. The highest BCUT2D eigenvalue weighted by molar-refractivity contribution is 7.21. The zero-order valence-corrected chi connectivity index (χ0v) is 11.0. The Kier molecular flexibility index (Phi) is 3.63. The predicted molar refractivity (Wildman–Crippen MR) is 70.5 cm³/mol. The Morgan fingerprint density at radius 3 is 2.89 bits per heavy atom. The Balaban J connectivity index is 2.37. The predicted octanol–water partition coefficient (Wildman–Crippen LogP) is 2.46. The molecule has 1 aromatic heterocycles. The number of rotatable bonds is 3. The molecule has 0 saturated carbocycles. The first-order valence-corrected chi connectivity index (χ1v) is 6.46. The smallest absolute Gasteiger partial charge is 0.261 e. The normalized spacial score (nSPS) is 12.7. The second-order valence-electron chi connectivity index (χ2n) is 4.23. The molecule has 5 heteroatoms. The molecule has 1 unspecified atom stereocenters. The monoisotopic (exact) mass is 267 g/mol. The van der Waals surface area contributed by atoms with Crippen molar-refractivity contribution in [2.45, 2.75) is 20.0 Å². The van der Waals surface area contributed by atoms with Crippen LogP contribution in [0.2, 0.25) is 0 Å². The first-order valence-electron chi connectivity index (χ1n) is 5.64. The topological polar surface area (TPSA) is 49.3 Å². The molecule has 1 atom stereocenters. The molecule has 0 fully saturated rings. The number of halogens is 1. The zero-order valence-electron chi connectivity index (χ0n) is 10.2. The molecule has 18 heavy (non-hydrogen) atoms. The fourth-order valence-electron chi connectivity index (χ4n) is 1.79. The Bertz CT molecular complexity index is 592. The first kappa shape index (κ1) is 13.0. The lowest BCUT2D eigenvalue weighted by atomic mass is 10.1. The number of fused-ring (bicyclic) bond motifs is 1. The van der Waals surface area contributed by atoms with Crippen LogP contribution < -0.4 is 5.32 Å². The maximum absolute atomic E-state index is 13.7. The van der Waals surface area contributed by atoms with Crippen LogP contribution in [0.3, 0.4) is 0 Å². The van der Waals surface area contributed by atoms with Gasteiger partial charge in [-0.05, 0) is 31.5 Å². The molecule has 0 bridgehead atoms. The molecule has 2 aromatic rings. The van der Waals surface area contributed by atoms with Crippen molar-refractivity contribution in [3.05, 3.63) is 34.5 Å². The number of aliphatic hydroxyl groups is 1. The van der Waals surface area contributed by atoms with Crippen molar-refractivity contribution >= 4 is 27.3 Å². The fraction of sp³-hybridized carbons (Fsp3) is 0.308. The van der Waals surface area contributed by atoms with Gasteiger partial charge in [-0.25, -0.2) is 4.39 Å². The van der Waals surface area contributed by atoms with E-state index in [9.17, 15) is 9.18 Å². The Hall–Kier alpha value is -1.46. The number of carbonyl (C=O) groups excluding carboxylic acids is 1. The van der Waals surface area contributed by atoms with Gasteiger partial charge in [0.15, 0.2) is 0 Å². The molecular formula is C13H14FNO2S. The molecule has 96 valence electrons. The summed E-state index contributed by atoms with van der Waals surface area (Å²) >= 11 is 1.26. The van der Waals surface area contributed by atoms with Crippen LogP contribution >= 0.6 is 11.3 Å². The second-order valence-corrected chi connectivity index (χ2v) is 5.28. The summed E-state index contributed by atoms with van der Waals surface area (Å²) in [5.74, 6) is -0.579. The first-order chi connectivity index (χ1) is 8.50. The summed E-state index contributed by atoms with van der Waals surface area (Å²) in [6, 6.07) is 4.81. The Morgan fingerprint density at radius 1 is 1.56 bits per heavy atom. The number of thiophene rings is 1. The average Bonchev–Trinajstić information content (AvgIpc) is 2.65. The minimum absolute atomic E-state index is 0.189. The molecule has 0 aliphatic carbocycles. The second kappa shape index (κ2) is 5.04. The van der Waals surface area contributed by atoms with E-state index >= 15 is 0 Å². The van der Waals surface area contributed by atoms with Crippen molar-refractivity contribution in [3.8, 4) is 0 Å². The summed E-state index contributed by atoms with van der Waals surface area (Å²) in [4.78, 5) is 12.4. The Labute approximate surface area is 108 Å². The van der Waals surface area contributed by atoms with Crippen LogP contribution in [0.25, 0.3) is 10.1 Å². The number of aliphatic hydroxyl groups excluding tert-OH is 1. The number of benzene rings is 1. The van der Waals surface area contributed by atoms with E-state index in [1.54, 1.807) is 26.0 Å². The molecule has 2 N–H and O–H groups in total. The van der Waals surface area contributed by atoms with E-state index in [2.05, 4.69) is 5.32 Å². The van der Waals surface area contributed by atoms with E-state index in [0.717, 1.165) is 4.70 Å². The van der Waals surface area contributed by atoms with Crippen LogP contribution in [0.4, 0.5) is 4.39 Å². The summed E-state index contributed by atoms with van der Waals surface area (Å²) in [7, 11) is 0. The largest absolute Gasteiger partial charge is 0.392 e. The van der Waals surface area contributed by atoms with Crippen molar-refractivity contribution in [2.75, 3.05) is 6.54 Å². The quantitative estimate of drug-likeness (QED) is 0.897. The minimum atomic E-state index is -0.597. The van der Waals surface area contributed by atoms with Gasteiger partial charge in [0.1, 0.15) is 5.82 Å². The van der Waals surface area contributed by atoms with Gasteiger partial charge in [-0.15, -0.1) is 11.3 Å². The molecule has 1 aromatic carbocycles. The minimum Gasteiger partial charge on any atom is -0.392 e. The molecule has 0 saturated heterocycles. The van der Waals surface area contributed by atoms with Gasteiger partial charge in [0.2, 0.25) is 0 Å².